The Hall–Kier alpha value is -0.820. The number of ether oxygens (including phenoxy) is 1. The van der Waals surface area contributed by atoms with Gasteiger partial charge in [-0.3, -0.25) is 4.79 Å². The Morgan fingerprint density at radius 2 is 2.26 bits per heavy atom. The van der Waals surface area contributed by atoms with Crippen molar-refractivity contribution < 1.29 is 19.7 Å². The van der Waals surface area contributed by atoms with Gasteiger partial charge >= 0.3 is 0 Å². The average Bonchev–Trinajstić information content (AvgIpc) is 2.40. The van der Waals surface area contributed by atoms with Crippen LogP contribution in [0.4, 0.5) is 0 Å². The van der Waals surface area contributed by atoms with Gasteiger partial charge in [0, 0.05) is 11.0 Å². The normalized spacial score (nSPS) is 12.0. The fourth-order valence-corrected chi connectivity index (χ4v) is 1.76. The number of benzene rings is 1. The summed E-state index contributed by atoms with van der Waals surface area (Å²) in [6.07, 6.45) is -0.801. The molecule has 1 unspecified atom stereocenters. The van der Waals surface area contributed by atoms with Crippen LogP contribution in [0.2, 0.25) is 5.02 Å². The number of carbonyl (C=O) groups is 1. The molecule has 0 aliphatic carbocycles. The van der Waals surface area contributed by atoms with Crippen LogP contribution < -0.4 is 10.1 Å². The second-order valence-corrected chi connectivity index (χ2v) is 5.02. The molecule has 19 heavy (non-hydrogen) atoms. The van der Waals surface area contributed by atoms with Gasteiger partial charge in [0.2, 0.25) is 5.91 Å². The van der Waals surface area contributed by atoms with Crippen molar-refractivity contribution in [1.29, 1.82) is 0 Å². The van der Waals surface area contributed by atoms with E-state index in [1.165, 1.54) is 0 Å². The van der Waals surface area contributed by atoms with Gasteiger partial charge in [-0.05, 0) is 28.1 Å². The maximum atomic E-state index is 11.4. The van der Waals surface area contributed by atoms with Crippen LogP contribution in [-0.2, 0) is 4.79 Å². The van der Waals surface area contributed by atoms with E-state index >= 15 is 0 Å². The fourth-order valence-electron chi connectivity index (χ4n) is 1.23. The lowest BCUT2D eigenvalue weighted by Crippen LogP contribution is -2.34. The highest BCUT2D eigenvalue weighted by molar-refractivity contribution is 9.10. The van der Waals surface area contributed by atoms with Gasteiger partial charge in [-0.2, -0.15) is 0 Å². The number of halogens is 2. The molecule has 0 heterocycles. The fraction of sp³-hybridized carbons (Fsp3) is 0.417. The predicted octanol–water partition coefficient (Wildman–Crippen LogP) is 1.34. The number of amides is 1. The number of rotatable bonds is 7. The van der Waals surface area contributed by atoms with E-state index in [0.29, 0.717) is 10.8 Å². The summed E-state index contributed by atoms with van der Waals surface area (Å²) in [5.41, 5.74) is 0. The van der Waals surface area contributed by atoms with E-state index < -0.39 is 6.10 Å². The van der Waals surface area contributed by atoms with Crippen molar-refractivity contribution in [3.05, 3.63) is 27.7 Å². The van der Waals surface area contributed by atoms with Gasteiger partial charge in [-0.25, -0.2) is 0 Å². The predicted molar refractivity (Wildman–Crippen MR) is 75.4 cm³/mol. The van der Waals surface area contributed by atoms with Crippen LogP contribution in [0.25, 0.3) is 0 Å². The van der Waals surface area contributed by atoms with E-state index in [2.05, 4.69) is 21.2 Å². The van der Waals surface area contributed by atoms with E-state index in [0.717, 1.165) is 4.47 Å². The van der Waals surface area contributed by atoms with Crippen LogP contribution in [0.5, 0.6) is 5.75 Å². The van der Waals surface area contributed by atoms with Crippen molar-refractivity contribution in [2.45, 2.75) is 12.5 Å². The zero-order chi connectivity index (χ0) is 14.3. The van der Waals surface area contributed by atoms with Crippen LogP contribution >= 0.6 is 27.5 Å². The molecule has 0 aliphatic rings. The first-order valence-electron chi connectivity index (χ1n) is 5.67. The van der Waals surface area contributed by atoms with Crippen molar-refractivity contribution in [1.82, 2.24) is 5.32 Å². The number of hydrogen-bond donors (Lipinski definition) is 3. The summed E-state index contributed by atoms with van der Waals surface area (Å²) in [6, 6.07) is 5.28. The molecule has 0 saturated heterocycles. The molecule has 106 valence electrons. The standard InChI is InChI=1S/C12H15BrClNO4/c13-9-2-1-3-10(12(9)14)19-5-4-11(18)15-6-8(17)7-16/h1-3,8,16-17H,4-7H2,(H,15,18). The Labute approximate surface area is 124 Å². The average molecular weight is 353 g/mol. The van der Waals surface area contributed by atoms with Crippen LogP contribution in [0, 0.1) is 0 Å². The largest absolute Gasteiger partial charge is 0.491 e. The second-order valence-electron chi connectivity index (χ2n) is 3.79. The van der Waals surface area contributed by atoms with Crippen molar-refractivity contribution in [2.24, 2.45) is 0 Å². The minimum Gasteiger partial charge on any atom is -0.491 e. The summed E-state index contributed by atoms with van der Waals surface area (Å²) in [5.74, 6) is 0.234. The van der Waals surface area contributed by atoms with Gasteiger partial charge in [0.15, 0.2) is 0 Å². The summed E-state index contributed by atoms with van der Waals surface area (Å²) >= 11 is 9.27. The second kappa shape index (κ2) is 8.37. The van der Waals surface area contributed by atoms with E-state index in [-0.39, 0.29) is 32.1 Å². The third-order valence-electron chi connectivity index (χ3n) is 2.25. The van der Waals surface area contributed by atoms with Crippen LogP contribution in [0.15, 0.2) is 22.7 Å². The molecule has 1 aromatic carbocycles. The van der Waals surface area contributed by atoms with E-state index in [9.17, 15) is 4.79 Å². The van der Waals surface area contributed by atoms with Gasteiger partial charge in [0.25, 0.3) is 0 Å². The lowest BCUT2D eigenvalue weighted by atomic mass is 10.3. The zero-order valence-corrected chi connectivity index (χ0v) is 12.4. The maximum Gasteiger partial charge on any atom is 0.223 e. The van der Waals surface area contributed by atoms with Crippen molar-refractivity contribution >= 4 is 33.4 Å². The molecule has 0 saturated carbocycles. The monoisotopic (exact) mass is 351 g/mol. The van der Waals surface area contributed by atoms with E-state index in [1.54, 1.807) is 18.2 Å². The quantitative estimate of drug-likeness (QED) is 0.692. The molecule has 0 radical (unpaired) electrons. The molecule has 0 spiro atoms. The highest BCUT2D eigenvalue weighted by Crippen LogP contribution is 2.31. The number of carbonyl (C=O) groups excluding carboxylic acids is 1. The molecular formula is C12H15BrClNO4. The number of aliphatic hydroxyl groups excluding tert-OH is 2. The molecule has 0 aromatic heterocycles. The Morgan fingerprint density at radius 1 is 1.53 bits per heavy atom. The Morgan fingerprint density at radius 3 is 2.95 bits per heavy atom. The Bertz CT molecular complexity index is 430. The molecule has 7 heteroatoms. The highest BCUT2D eigenvalue weighted by Gasteiger charge is 2.08. The molecule has 1 aromatic rings. The van der Waals surface area contributed by atoms with Gasteiger partial charge in [0.1, 0.15) is 5.75 Å². The minimum absolute atomic E-state index is 0.0208. The number of aliphatic hydroxyl groups is 2. The van der Waals surface area contributed by atoms with Crippen molar-refractivity contribution in [2.75, 3.05) is 19.8 Å². The maximum absolute atomic E-state index is 11.4. The topological polar surface area (TPSA) is 78.8 Å². The lowest BCUT2D eigenvalue weighted by Gasteiger charge is -2.10. The molecule has 0 aliphatic heterocycles. The first kappa shape index (κ1) is 16.2. The van der Waals surface area contributed by atoms with Crippen LogP contribution in [-0.4, -0.2) is 42.0 Å². The summed E-state index contributed by atoms with van der Waals surface area (Å²) in [7, 11) is 0. The van der Waals surface area contributed by atoms with Gasteiger partial charge < -0.3 is 20.3 Å². The Balaban J connectivity index is 2.30. The van der Waals surface area contributed by atoms with Gasteiger partial charge in [-0.15, -0.1) is 0 Å². The molecule has 1 rings (SSSR count). The molecule has 5 nitrogen and oxygen atoms in total. The van der Waals surface area contributed by atoms with Crippen molar-refractivity contribution in [3.63, 3.8) is 0 Å². The van der Waals surface area contributed by atoms with Gasteiger partial charge in [-0.1, -0.05) is 17.7 Å². The van der Waals surface area contributed by atoms with E-state index in [4.69, 9.17) is 26.6 Å². The van der Waals surface area contributed by atoms with E-state index in [1.807, 2.05) is 0 Å². The first-order valence-corrected chi connectivity index (χ1v) is 6.84. The zero-order valence-electron chi connectivity index (χ0n) is 10.1. The highest BCUT2D eigenvalue weighted by atomic mass is 79.9. The number of nitrogens with one attached hydrogen (secondary N) is 1. The van der Waals surface area contributed by atoms with Gasteiger partial charge in [0.05, 0.1) is 30.8 Å². The summed E-state index contributed by atoms with van der Waals surface area (Å²) in [5, 5.41) is 20.6. The number of hydrogen-bond acceptors (Lipinski definition) is 4. The van der Waals surface area contributed by atoms with Crippen molar-refractivity contribution in [3.8, 4) is 5.75 Å². The summed E-state index contributed by atoms with van der Waals surface area (Å²) in [6.45, 7) is -0.186. The lowest BCUT2D eigenvalue weighted by molar-refractivity contribution is -0.122. The third kappa shape index (κ3) is 5.78. The smallest absolute Gasteiger partial charge is 0.223 e. The molecule has 1 amide bonds. The Kier molecular flexibility index (Phi) is 7.15. The van der Waals surface area contributed by atoms with Crippen LogP contribution in [0.1, 0.15) is 6.42 Å². The molecule has 0 bridgehead atoms. The minimum atomic E-state index is -0.940. The third-order valence-corrected chi connectivity index (χ3v) is 3.53. The molecular weight excluding hydrogens is 337 g/mol. The van der Waals surface area contributed by atoms with Crippen LogP contribution in [0.3, 0.4) is 0 Å². The SMILES string of the molecule is O=C(CCOc1cccc(Br)c1Cl)NCC(O)CO. The molecule has 0 fully saturated rings. The summed E-state index contributed by atoms with van der Waals surface area (Å²) < 4.78 is 6.11. The molecule has 3 N–H and O–H groups in total. The first-order chi connectivity index (χ1) is 9.04. The summed E-state index contributed by atoms with van der Waals surface area (Å²) in [4.78, 5) is 11.4. The molecule has 1 atom stereocenters.